The monoisotopic (exact) mass is 369 g/mol. The number of nitrogens with zero attached hydrogens (tertiary/aromatic N) is 1. The first-order valence-corrected chi connectivity index (χ1v) is 8.48. The molecule has 0 aromatic heterocycles. The molecule has 3 rings (SSSR count). The number of carbonyl (C=O) groups is 1. The van der Waals surface area contributed by atoms with E-state index in [4.69, 9.17) is 14.2 Å². The molecule has 0 radical (unpaired) electrons. The van der Waals surface area contributed by atoms with Crippen LogP contribution >= 0.6 is 0 Å². The largest absolute Gasteiger partial charge is 0.496 e. The van der Waals surface area contributed by atoms with Crippen LogP contribution in [0.4, 0.5) is 4.39 Å². The van der Waals surface area contributed by atoms with E-state index in [1.54, 1.807) is 32.4 Å². The van der Waals surface area contributed by atoms with Crippen molar-refractivity contribution in [3.05, 3.63) is 64.6 Å². The fourth-order valence-corrected chi connectivity index (χ4v) is 2.84. The molecule has 6 heteroatoms. The summed E-state index contributed by atoms with van der Waals surface area (Å²) in [6.45, 7) is 1.91. The highest BCUT2D eigenvalue weighted by atomic mass is 19.1. The van der Waals surface area contributed by atoms with Crippen molar-refractivity contribution >= 4 is 17.9 Å². The van der Waals surface area contributed by atoms with Gasteiger partial charge in [-0.2, -0.15) is 0 Å². The van der Waals surface area contributed by atoms with Gasteiger partial charge < -0.3 is 14.2 Å². The number of carbonyl (C=O) groups excluding carboxylic acids is 1. The van der Waals surface area contributed by atoms with E-state index in [1.165, 1.54) is 12.1 Å². The van der Waals surface area contributed by atoms with Gasteiger partial charge in [-0.05, 0) is 54.8 Å². The summed E-state index contributed by atoms with van der Waals surface area (Å²) in [5.41, 5.74) is 2.59. The van der Waals surface area contributed by atoms with Gasteiger partial charge in [-0.15, -0.1) is 0 Å². The molecule has 0 saturated carbocycles. The maximum Gasteiger partial charge on any atom is 0.363 e. The molecule has 2 aromatic rings. The summed E-state index contributed by atoms with van der Waals surface area (Å²) in [5, 5.41) is 0. The molecule has 0 amide bonds. The second kappa shape index (κ2) is 8.03. The molecule has 140 valence electrons. The van der Waals surface area contributed by atoms with Crippen molar-refractivity contribution in [3.63, 3.8) is 0 Å². The first kappa shape index (κ1) is 18.6. The highest BCUT2D eigenvalue weighted by Crippen LogP contribution is 2.31. The second-order valence-electron chi connectivity index (χ2n) is 6.12. The van der Waals surface area contributed by atoms with Gasteiger partial charge in [-0.3, -0.25) is 0 Å². The summed E-state index contributed by atoms with van der Waals surface area (Å²) in [6.07, 6.45) is 2.54. The van der Waals surface area contributed by atoms with Crippen LogP contribution in [0.3, 0.4) is 0 Å². The molecular weight excluding hydrogens is 349 g/mol. The number of cyclic esters (lactones) is 1. The molecule has 1 aliphatic heterocycles. The van der Waals surface area contributed by atoms with Crippen LogP contribution in [0.15, 0.2) is 47.1 Å². The van der Waals surface area contributed by atoms with Crippen LogP contribution in [0.25, 0.3) is 6.08 Å². The molecule has 1 heterocycles. The molecule has 0 saturated heterocycles. The Hall–Kier alpha value is -3.15. The quantitative estimate of drug-likeness (QED) is 0.569. The molecule has 0 bridgehead atoms. The lowest BCUT2D eigenvalue weighted by molar-refractivity contribution is -0.130. The van der Waals surface area contributed by atoms with E-state index in [1.807, 2.05) is 19.1 Å². The maximum absolute atomic E-state index is 13.2. The van der Waals surface area contributed by atoms with E-state index < -0.39 is 5.97 Å². The van der Waals surface area contributed by atoms with Crippen molar-refractivity contribution in [2.75, 3.05) is 14.2 Å². The standard InChI is InChI=1S/C21H20FNO4/c1-13-9-19(26-3)15(12-18(13)25-2)11-17-21(24)27-20(23-17)8-7-14-5-4-6-16(22)10-14/h4-6,9-12H,7-8H2,1-3H3/b17-11+. The third-order valence-electron chi connectivity index (χ3n) is 4.22. The average Bonchev–Trinajstić information content (AvgIpc) is 3.00. The number of rotatable bonds is 6. The zero-order valence-electron chi connectivity index (χ0n) is 15.4. The first-order valence-electron chi connectivity index (χ1n) is 8.48. The number of methoxy groups -OCH3 is 2. The van der Waals surface area contributed by atoms with Crippen molar-refractivity contribution in [3.8, 4) is 11.5 Å². The summed E-state index contributed by atoms with van der Waals surface area (Å²) in [5.74, 6) is 0.791. The fourth-order valence-electron chi connectivity index (χ4n) is 2.84. The van der Waals surface area contributed by atoms with Crippen molar-refractivity contribution in [1.29, 1.82) is 0 Å². The maximum atomic E-state index is 13.2. The molecule has 0 N–H and O–H groups in total. The Bertz CT molecular complexity index is 934. The summed E-state index contributed by atoms with van der Waals surface area (Å²) < 4.78 is 29.2. The van der Waals surface area contributed by atoms with E-state index >= 15 is 0 Å². The number of hydrogen-bond donors (Lipinski definition) is 0. The number of esters is 1. The Morgan fingerprint density at radius 1 is 1.11 bits per heavy atom. The normalized spacial score (nSPS) is 14.9. The van der Waals surface area contributed by atoms with Gasteiger partial charge in [0, 0.05) is 12.0 Å². The van der Waals surface area contributed by atoms with E-state index in [0.29, 0.717) is 35.8 Å². The molecule has 5 nitrogen and oxygen atoms in total. The van der Waals surface area contributed by atoms with Gasteiger partial charge in [0.05, 0.1) is 14.2 Å². The molecule has 1 aliphatic rings. The lowest BCUT2D eigenvalue weighted by Crippen LogP contribution is -2.05. The predicted octanol–water partition coefficient (Wildman–Crippen LogP) is 4.08. The second-order valence-corrected chi connectivity index (χ2v) is 6.12. The topological polar surface area (TPSA) is 57.1 Å². The Kier molecular flexibility index (Phi) is 5.54. The smallest absolute Gasteiger partial charge is 0.363 e. The molecule has 0 atom stereocenters. The van der Waals surface area contributed by atoms with Crippen LogP contribution in [0.5, 0.6) is 11.5 Å². The Morgan fingerprint density at radius 2 is 1.89 bits per heavy atom. The number of hydrogen-bond acceptors (Lipinski definition) is 5. The average molecular weight is 369 g/mol. The number of ether oxygens (including phenoxy) is 3. The fraction of sp³-hybridized carbons (Fsp3) is 0.238. The van der Waals surface area contributed by atoms with Crippen molar-refractivity contribution in [1.82, 2.24) is 0 Å². The summed E-state index contributed by atoms with van der Waals surface area (Å²) in [4.78, 5) is 16.4. The van der Waals surface area contributed by atoms with E-state index in [9.17, 15) is 9.18 Å². The summed E-state index contributed by atoms with van der Waals surface area (Å²) in [7, 11) is 3.14. The van der Waals surface area contributed by atoms with Gasteiger partial charge in [-0.1, -0.05) is 12.1 Å². The SMILES string of the molecule is COc1cc(/C=C2/N=C(CCc3cccc(F)c3)OC2=O)c(OC)cc1C. The van der Waals surface area contributed by atoms with Gasteiger partial charge in [0.25, 0.3) is 0 Å². The highest BCUT2D eigenvalue weighted by Gasteiger charge is 2.23. The summed E-state index contributed by atoms with van der Waals surface area (Å²) in [6, 6.07) is 9.93. The van der Waals surface area contributed by atoms with Crippen LogP contribution in [0.2, 0.25) is 0 Å². The molecule has 2 aromatic carbocycles. The minimum Gasteiger partial charge on any atom is -0.496 e. The minimum atomic E-state index is -0.522. The Labute approximate surface area is 157 Å². The van der Waals surface area contributed by atoms with E-state index in [2.05, 4.69) is 4.99 Å². The third-order valence-corrected chi connectivity index (χ3v) is 4.22. The first-order chi connectivity index (χ1) is 13.0. The molecular formula is C21H20FNO4. The zero-order chi connectivity index (χ0) is 19.4. The van der Waals surface area contributed by atoms with Gasteiger partial charge in [-0.25, -0.2) is 14.2 Å². The Morgan fingerprint density at radius 3 is 2.59 bits per heavy atom. The van der Waals surface area contributed by atoms with Crippen molar-refractivity contribution in [2.24, 2.45) is 4.99 Å². The Balaban J connectivity index is 1.81. The van der Waals surface area contributed by atoms with Gasteiger partial charge in [0.2, 0.25) is 0 Å². The van der Waals surface area contributed by atoms with Crippen LogP contribution in [-0.2, 0) is 16.0 Å². The van der Waals surface area contributed by atoms with Crippen molar-refractivity contribution < 1.29 is 23.4 Å². The van der Waals surface area contributed by atoms with Crippen LogP contribution < -0.4 is 9.47 Å². The number of halogens is 1. The van der Waals surface area contributed by atoms with Gasteiger partial charge in [0.15, 0.2) is 11.6 Å². The van der Waals surface area contributed by atoms with Gasteiger partial charge >= 0.3 is 5.97 Å². The molecule has 0 unspecified atom stereocenters. The zero-order valence-corrected chi connectivity index (χ0v) is 15.4. The predicted molar refractivity (Wildman–Crippen MR) is 101 cm³/mol. The number of aliphatic imine (C=N–C) groups is 1. The number of benzene rings is 2. The highest BCUT2D eigenvalue weighted by molar-refractivity contribution is 6.07. The van der Waals surface area contributed by atoms with Gasteiger partial charge in [0.1, 0.15) is 17.3 Å². The van der Waals surface area contributed by atoms with Crippen LogP contribution in [0, 0.1) is 12.7 Å². The molecule has 0 spiro atoms. The molecule has 0 aliphatic carbocycles. The third kappa shape index (κ3) is 4.34. The molecule has 0 fully saturated rings. The van der Waals surface area contributed by atoms with E-state index in [0.717, 1.165) is 11.1 Å². The van der Waals surface area contributed by atoms with Crippen molar-refractivity contribution in [2.45, 2.75) is 19.8 Å². The van der Waals surface area contributed by atoms with Crippen LogP contribution in [-0.4, -0.2) is 26.1 Å². The van der Waals surface area contributed by atoms with Crippen LogP contribution in [0.1, 0.15) is 23.1 Å². The molecule has 27 heavy (non-hydrogen) atoms. The van der Waals surface area contributed by atoms with E-state index in [-0.39, 0.29) is 11.5 Å². The lowest BCUT2D eigenvalue weighted by Gasteiger charge is -2.10. The number of aryl methyl sites for hydroxylation is 2. The lowest BCUT2D eigenvalue weighted by atomic mass is 10.1. The summed E-state index contributed by atoms with van der Waals surface area (Å²) >= 11 is 0. The minimum absolute atomic E-state index is 0.188.